The largest absolute Gasteiger partial charge is 0.406 e. The minimum atomic E-state index is -4.49. The zero-order valence-electron chi connectivity index (χ0n) is 14.4. The molecule has 0 bridgehead atoms. The molecule has 0 fully saturated rings. The fourth-order valence-electron chi connectivity index (χ4n) is 2.66. The quantitative estimate of drug-likeness (QED) is 0.479. The molecule has 1 aromatic heterocycles. The summed E-state index contributed by atoms with van der Waals surface area (Å²) in [6.45, 7) is -1.27. The number of thioether (sulfide) groups is 1. The number of nitrogens with two attached hydrogens (primary N) is 1. The highest BCUT2D eigenvalue weighted by Crippen LogP contribution is 2.37. The number of rotatable bonds is 6. The molecule has 1 heterocycles. The van der Waals surface area contributed by atoms with E-state index in [9.17, 15) is 22.4 Å². The van der Waals surface area contributed by atoms with Crippen molar-refractivity contribution in [2.24, 2.45) is 5.73 Å². The number of benzene rings is 2. The minimum Gasteiger partial charge on any atom is -0.368 e. The van der Waals surface area contributed by atoms with Crippen LogP contribution in [0.1, 0.15) is 10.8 Å². The van der Waals surface area contributed by atoms with E-state index in [1.807, 2.05) is 0 Å². The van der Waals surface area contributed by atoms with Crippen LogP contribution in [-0.2, 0) is 11.3 Å². The number of primary amides is 1. The van der Waals surface area contributed by atoms with Gasteiger partial charge in [0.05, 0.1) is 11.9 Å². The van der Waals surface area contributed by atoms with Crippen LogP contribution >= 0.6 is 11.8 Å². The van der Waals surface area contributed by atoms with E-state index in [-0.39, 0.29) is 10.9 Å². The Morgan fingerprint density at radius 3 is 2.32 bits per heavy atom. The molecule has 0 saturated heterocycles. The Hall–Kier alpha value is -2.81. The summed E-state index contributed by atoms with van der Waals surface area (Å²) in [5.74, 6) is -1.26. The molecule has 0 saturated carbocycles. The van der Waals surface area contributed by atoms with Gasteiger partial charge in [-0.2, -0.15) is 13.2 Å². The summed E-state index contributed by atoms with van der Waals surface area (Å²) in [6, 6.07) is 13.6. The minimum absolute atomic E-state index is 0.00990. The number of carbonyl (C=O) groups excluding carboxylic acids is 1. The smallest absolute Gasteiger partial charge is 0.368 e. The number of imidazole rings is 1. The zero-order chi connectivity index (χ0) is 20.3. The van der Waals surface area contributed by atoms with Gasteiger partial charge in [0.25, 0.3) is 0 Å². The van der Waals surface area contributed by atoms with Gasteiger partial charge >= 0.3 is 6.18 Å². The number of carbonyl (C=O) groups is 1. The molecular formula is C19H15F4N3OS. The van der Waals surface area contributed by atoms with Crippen molar-refractivity contribution in [2.75, 3.05) is 0 Å². The Bertz CT molecular complexity index is 956. The van der Waals surface area contributed by atoms with Crippen molar-refractivity contribution in [1.82, 2.24) is 9.55 Å². The van der Waals surface area contributed by atoms with Crippen molar-refractivity contribution in [1.29, 1.82) is 0 Å². The molecule has 9 heteroatoms. The maximum absolute atomic E-state index is 13.2. The molecule has 146 valence electrons. The molecule has 2 aromatic carbocycles. The first kappa shape index (κ1) is 19.9. The summed E-state index contributed by atoms with van der Waals surface area (Å²) in [7, 11) is 0. The Morgan fingerprint density at radius 1 is 1.11 bits per heavy atom. The number of hydrogen-bond acceptors (Lipinski definition) is 3. The molecule has 3 aromatic rings. The van der Waals surface area contributed by atoms with E-state index >= 15 is 0 Å². The van der Waals surface area contributed by atoms with Crippen LogP contribution in [-0.4, -0.2) is 21.6 Å². The molecule has 3 rings (SSSR count). The van der Waals surface area contributed by atoms with Crippen molar-refractivity contribution in [3.63, 3.8) is 0 Å². The van der Waals surface area contributed by atoms with Crippen LogP contribution in [0, 0.1) is 5.82 Å². The fraction of sp³-hybridized carbons (Fsp3) is 0.158. The average Bonchev–Trinajstić information content (AvgIpc) is 3.01. The topological polar surface area (TPSA) is 60.9 Å². The van der Waals surface area contributed by atoms with E-state index in [1.54, 1.807) is 30.3 Å². The average molecular weight is 409 g/mol. The first-order valence-electron chi connectivity index (χ1n) is 8.14. The standard InChI is InChI=1S/C19H15F4N3OS/c20-14-8-6-13(7-9-14)16(17(24)27)28-18-25-10-15(12-4-2-1-3-5-12)26(18)11-19(21,22)23/h1-10,16H,11H2,(H2,24,27). The van der Waals surface area contributed by atoms with Gasteiger partial charge in [0.15, 0.2) is 5.16 Å². The van der Waals surface area contributed by atoms with E-state index in [1.165, 1.54) is 18.3 Å². The zero-order valence-corrected chi connectivity index (χ0v) is 15.2. The number of aromatic nitrogens is 2. The van der Waals surface area contributed by atoms with Crippen molar-refractivity contribution in [2.45, 2.75) is 23.1 Å². The van der Waals surface area contributed by atoms with Crippen LogP contribution in [0.2, 0.25) is 0 Å². The molecular weight excluding hydrogens is 394 g/mol. The summed E-state index contributed by atoms with van der Waals surface area (Å²) in [4.78, 5) is 16.0. The van der Waals surface area contributed by atoms with Gasteiger partial charge in [-0.1, -0.05) is 54.2 Å². The first-order valence-corrected chi connectivity index (χ1v) is 9.02. The normalized spacial score (nSPS) is 12.7. The Balaban J connectivity index is 2.01. The number of halogens is 4. The van der Waals surface area contributed by atoms with Gasteiger partial charge in [-0.05, 0) is 23.3 Å². The second-order valence-corrected chi connectivity index (χ2v) is 7.02. The molecule has 1 atom stereocenters. The predicted octanol–water partition coefficient (Wildman–Crippen LogP) is 4.57. The maximum atomic E-state index is 13.2. The summed E-state index contributed by atoms with van der Waals surface area (Å²) in [5.41, 5.74) is 6.64. The monoisotopic (exact) mass is 409 g/mol. The second-order valence-electron chi connectivity index (χ2n) is 5.95. The first-order chi connectivity index (χ1) is 13.2. The van der Waals surface area contributed by atoms with Crippen LogP contribution in [0.3, 0.4) is 0 Å². The summed E-state index contributed by atoms with van der Waals surface area (Å²) >= 11 is 0.793. The van der Waals surface area contributed by atoms with Crippen LogP contribution in [0.5, 0.6) is 0 Å². The number of amides is 1. The van der Waals surface area contributed by atoms with E-state index in [0.29, 0.717) is 11.1 Å². The predicted molar refractivity (Wildman–Crippen MR) is 97.9 cm³/mol. The van der Waals surface area contributed by atoms with Crippen LogP contribution < -0.4 is 5.73 Å². The van der Waals surface area contributed by atoms with Gasteiger partial charge < -0.3 is 10.3 Å². The molecule has 0 aliphatic heterocycles. The molecule has 1 amide bonds. The SMILES string of the molecule is NC(=O)C(Sc1ncc(-c2ccccc2)n1CC(F)(F)F)c1ccc(F)cc1. The van der Waals surface area contributed by atoms with Crippen LogP contribution in [0.15, 0.2) is 66.0 Å². The van der Waals surface area contributed by atoms with Gasteiger partial charge in [0.2, 0.25) is 5.91 Å². The molecule has 0 spiro atoms. The Labute approximate surface area is 162 Å². The lowest BCUT2D eigenvalue weighted by Gasteiger charge is -2.17. The fourth-order valence-corrected chi connectivity index (χ4v) is 3.68. The molecule has 2 N–H and O–H groups in total. The number of alkyl halides is 3. The van der Waals surface area contributed by atoms with Crippen molar-refractivity contribution in [3.05, 3.63) is 72.2 Å². The number of nitrogens with zero attached hydrogens (tertiary/aromatic N) is 2. The summed E-state index contributed by atoms with van der Waals surface area (Å²) in [5, 5.41) is -1.03. The maximum Gasteiger partial charge on any atom is 0.406 e. The molecule has 1 unspecified atom stereocenters. The van der Waals surface area contributed by atoms with Crippen molar-refractivity contribution < 1.29 is 22.4 Å². The van der Waals surface area contributed by atoms with E-state index in [4.69, 9.17) is 5.73 Å². The summed E-state index contributed by atoms with van der Waals surface area (Å²) < 4.78 is 53.7. The van der Waals surface area contributed by atoms with E-state index < -0.39 is 29.7 Å². The molecule has 4 nitrogen and oxygen atoms in total. The summed E-state index contributed by atoms with van der Waals surface area (Å²) in [6.07, 6.45) is -3.16. The molecule has 28 heavy (non-hydrogen) atoms. The van der Waals surface area contributed by atoms with Gasteiger partial charge in [0.1, 0.15) is 17.6 Å². The second kappa shape index (κ2) is 8.05. The van der Waals surface area contributed by atoms with E-state index in [0.717, 1.165) is 28.5 Å². The van der Waals surface area contributed by atoms with Gasteiger partial charge in [0, 0.05) is 0 Å². The molecule has 0 aliphatic rings. The van der Waals surface area contributed by atoms with Gasteiger partial charge in [-0.3, -0.25) is 4.79 Å². The van der Waals surface area contributed by atoms with Crippen LogP contribution in [0.4, 0.5) is 17.6 Å². The van der Waals surface area contributed by atoms with E-state index in [2.05, 4.69) is 4.98 Å². The third kappa shape index (κ3) is 4.72. The number of hydrogen-bond donors (Lipinski definition) is 1. The Kier molecular flexibility index (Phi) is 5.73. The van der Waals surface area contributed by atoms with Crippen molar-refractivity contribution in [3.8, 4) is 11.3 Å². The Morgan fingerprint density at radius 2 is 1.75 bits per heavy atom. The van der Waals surface area contributed by atoms with Crippen molar-refractivity contribution >= 4 is 17.7 Å². The highest BCUT2D eigenvalue weighted by molar-refractivity contribution is 8.00. The highest BCUT2D eigenvalue weighted by Gasteiger charge is 2.32. The lowest BCUT2D eigenvalue weighted by atomic mass is 10.1. The third-order valence-corrected chi connectivity index (χ3v) is 5.16. The molecule has 0 radical (unpaired) electrons. The van der Waals surface area contributed by atoms with Gasteiger partial charge in [-0.25, -0.2) is 9.37 Å². The lowest BCUT2D eigenvalue weighted by molar-refractivity contribution is -0.141. The van der Waals surface area contributed by atoms with Gasteiger partial charge in [-0.15, -0.1) is 0 Å². The highest BCUT2D eigenvalue weighted by atomic mass is 32.2. The lowest BCUT2D eigenvalue weighted by Crippen LogP contribution is -2.22. The van der Waals surface area contributed by atoms with Crippen LogP contribution in [0.25, 0.3) is 11.3 Å². The third-order valence-electron chi connectivity index (χ3n) is 3.88. The molecule has 0 aliphatic carbocycles.